The minimum atomic E-state index is -3.65. The van der Waals surface area contributed by atoms with Gasteiger partial charge in [-0.2, -0.15) is 0 Å². The number of fused-ring (bicyclic) bond motifs is 1. The standard InChI is InChI=1S/C18H27N3O4S/c1-14(22)21-10-5-15-3-4-16(11-17(15)21)26(23,24)20-12-18(13-25-2)6-8-19-9-7-18/h3-4,11,19-20H,5-10,12-13H2,1-2H3. The van der Waals surface area contributed by atoms with E-state index in [1.165, 1.54) is 6.92 Å². The molecule has 0 aromatic heterocycles. The van der Waals surface area contributed by atoms with Gasteiger partial charge >= 0.3 is 0 Å². The second-order valence-electron chi connectivity index (χ2n) is 7.22. The number of nitrogens with one attached hydrogen (secondary N) is 2. The fraction of sp³-hybridized carbons (Fsp3) is 0.611. The average molecular weight is 381 g/mol. The van der Waals surface area contributed by atoms with Crippen LogP contribution in [0.3, 0.4) is 0 Å². The largest absolute Gasteiger partial charge is 0.384 e. The van der Waals surface area contributed by atoms with Crippen molar-refractivity contribution >= 4 is 21.6 Å². The van der Waals surface area contributed by atoms with Crippen LogP contribution in [0.2, 0.25) is 0 Å². The second-order valence-corrected chi connectivity index (χ2v) is 8.99. The highest BCUT2D eigenvalue weighted by molar-refractivity contribution is 7.89. The van der Waals surface area contributed by atoms with E-state index >= 15 is 0 Å². The molecule has 0 radical (unpaired) electrons. The first kappa shape index (κ1) is 19.3. The third-order valence-corrected chi connectivity index (χ3v) is 6.79. The number of hydrogen-bond donors (Lipinski definition) is 2. The van der Waals surface area contributed by atoms with Crippen LogP contribution in [0.4, 0.5) is 5.69 Å². The molecule has 1 fully saturated rings. The minimum absolute atomic E-state index is 0.0694. The number of methoxy groups -OCH3 is 1. The number of carbonyl (C=O) groups is 1. The first-order valence-electron chi connectivity index (χ1n) is 8.97. The van der Waals surface area contributed by atoms with Gasteiger partial charge in [-0.15, -0.1) is 0 Å². The second kappa shape index (κ2) is 7.64. The maximum absolute atomic E-state index is 12.8. The van der Waals surface area contributed by atoms with Crippen molar-refractivity contribution in [2.45, 2.75) is 31.1 Å². The highest BCUT2D eigenvalue weighted by Crippen LogP contribution is 2.32. The molecule has 7 nitrogen and oxygen atoms in total. The average Bonchev–Trinajstić information content (AvgIpc) is 3.05. The van der Waals surface area contributed by atoms with Crippen LogP contribution in [0.1, 0.15) is 25.3 Å². The van der Waals surface area contributed by atoms with Gasteiger partial charge < -0.3 is 15.0 Å². The number of rotatable bonds is 6. The number of hydrogen-bond acceptors (Lipinski definition) is 5. The van der Waals surface area contributed by atoms with Gasteiger partial charge in [0.05, 0.1) is 11.5 Å². The maximum atomic E-state index is 12.8. The summed E-state index contributed by atoms with van der Waals surface area (Å²) in [6, 6.07) is 5.04. The number of anilines is 1. The normalized spacial score (nSPS) is 19.4. The van der Waals surface area contributed by atoms with E-state index in [0.717, 1.165) is 37.9 Å². The zero-order chi connectivity index (χ0) is 18.8. The molecule has 2 heterocycles. The van der Waals surface area contributed by atoms with E-state index in [0.29, 0.717) is 25.4 Å². The van der Waals surface area contributed by atoms with Crippen LogP contribution in [0, 0.1) is 5.41 Å². The number of carbonyl (C=O) groups excluding carboxylic acids is 1. The Morgan fingerprint density at radius 2 is 2.08 bits per heavy atom. The molecule has 26 heavy (non-hydrogen) atoms. The third kappa shape index (κ3) is 3.93. The van der Waals surface area contributed by atoms with Gasteiger partial charge in [0.2, 0.25) is 15.9 Å². The van der Waals surface area contributed by atoms with Gasteiger partial charge in [0.25, 0.3) is 0 Å². The predicted molar refractivity (Wildman–Crippen MR) is 99.8 cm³/mol. The van der Waals surface area contributed by atoms with E-state index in [9.17, 15) is 13.2 Å². The van der Waals surface area contributed by atoms with Crippen molar-refractivity contribution in [3.05, 3.63) is 23.8 Å². The molecule has 0 unspecified atom stereocenters. The number of nitrogens with zero attached hydrogens (tertiary/aromatic N) is 1. The highest BCUT2D eigenvalue weighted by Gasteiger charge is 2.34. The Balaban J connectivity index is 1.78. The van der Waals surface area contributed by atoms with Gasteiger partial charge in [-0.25, -0.2) is 13.1 Å². The predicted octanol–water partition coefficient (Wildman–Crippen LogP) is 0.890. The summed E-state index contributed by atoms with van der Waals surface area (Å²) in [5, 5.41) is 3.30. The zero-order valence-corrected chi connectivity index (χ0v) is 16.2. The van der Waals surface area contributed by atoms with E-state index < -0.39 is 10.0 Å². The van der Waals surface area contributed by atoms with Gasteiger partial charge in [0.15, 0.2) is 0 Å². The molecule has 0 aliphatic carbocycles. The molecule has 1 aromatic carbocycles. The summed E-state index contributed by atoms with van der Waals surface area (Å²) in [5.41, 5.74) is 1.53. The fourth-order valence-corrected chi connectivity index (χ4v) is 5.00. The van der Waals surface area contributed by atoms with Gasteiger partial charge in [-0.1, -0.05) is 6.07 Å². The number of amides is 1. The molecule has 2 N–H and O–H groups in total. The Morgan fingerprint density at radius 1 is 1.35 bits per heavy atom. The molecular formula is C18H27N3O4S. The molecule has 1 amide bonds. The molecule has 0 spiro atoms. The summed E-state index contributed by atoms with van der Waals surface area (Å²) in [5.74, 6) is -0.0694. The summed E-state index contributed by atoms with van der Waals surface area (Å²) in [6.45, 7) is 4.69. The minimum Gasteiger partial charge on any atom is -0.384 e. The fourth-order valence-electron chi connectivity index (χ4n) is 3.82. The van der Waals surface area contributed by atoms with Crippen molar-refractivity contribution in [1.82, 2.24) is 10.0 Å². The Bertz CT molecular complexity index is 767. The maximum Gasteiger partial charge on any atom is 0.240 e. The van der Waals surface area contributed by atoms with Crippen LogP contribution in [0.15, 0.2) is 23.1 Å². The summed E-state index contributed by atoms with van der Waals surface area (Å²) >= 11 is 0. The molecule has 8 heteroatoms. The molecule has 2 aliphatic rings. The van der Waals surface area contributed by atoms with Gasteiger partial charge in [0, 0.05) is 38.2 Å². The zero-order valence-electron chi connectivity index (χ0n) is 15.4. The molecular weight excluding hydrogens is 354 g/mol. The molecule has 0 atom stereocenters. The number of ether oxygens (including phenoxy) is 1. The lowest BCUT2D eigenvalue weighted by Gasteiger charge is -2.37. The quantitative estimate of drug-likeness (QED) is 0.764. The Hall–Kier alpha value is -1.48. The first-order valence-corrected chi connectivity index (χ1v) is 10.5. The van der Waals surface area contributed by atoms with Crippen molar-refractivity contribution in [3.63, 3.8) is 0 Å². The van der Waals surface area contributed by atoms with Crippen LogP contribution >= 0.6 is 0 Å². The van der Waals surface area contributed by atoms with Crippen molar-refractivity contribution < 1.29 is 17.9 Å². The summed E-state index contributed by atoms with van der Waals surface area (Å²) in [6.07, 6.45) is 2.49. The van der Waals surface area contributed by atoms with Crippen LogP contribution < -0.4 is 14.9 Å². The lowest BCUT2D eigenvalue weighted by molar-refractivity contribution is -0.116. The first-order chi connectivity index (χ1) is 12.4. The molecule has 144 valence electrons. The van der Waals surface area contributed by atoms with Crippen LogP contribution in [0.5, 0.6) is 0 Å². The molecule has 1 saturated heterocycles. The van der Waals surface area contributed by atoms with Crippen LogP contribution in [-0.2, 0) is 26.0 Å². The number of benzene rings is 1. The van der Waals surface area contributed by atoms with E-state index in [1.54, 1.807) is 24.1 Å². The smallest absolute Gasteiger partial charge is 0.240 e. The highest BCUT2D eigenvalue weighted by atomic mass is 32.2. The van der Waals surface area contributed by atoms with Gasteiger partial charge in [0.1, 0.15) is 0 Å². The van der Waals surface area contributed by atoms with Crippen molar-refractivity contribution in [2.24, 2.45) is 5.41 Å². The molecule has 1 aromatic rings. The monoisotopic (exact) mass is 381 g/mol. The van der Waals surface area contributed by atoms with E-state index in [2.05, 4.69) is 10.0 Å². The Labute approximate surface area is 155 Å². The molecule has 0 bridgehead atoms. The molecule has 0 saturated carbocycles. The number of sulfonamides is 1. The Morgan fingerprint density at radius 3 is 2.73 bits per heavy atom. The lowest BCUT2D eigenvalue weighted by atomic mass is 9.80. The molecule has 3 rings (SSSR count). The molecule has 2 aliphatic heterocycles. The third-order valence-electron chi connectivity index (χ3n) is 5.39. The lowest BCUT2D eigenvalue weighted by Crippen LogP contribution is -2.47. The topological polar surface area (TPSA) is 87.7 Å². The summed E-state index contributed by atoms with van der Waals surface area (Å²) in [7, 11) is -2.00. The summed E-state index contributed by atoms with van der Waals surface area (Å²) in [4.78, 5) is 13.6. The summed E-state index contributed by atoms with van der Waals surface area (Å²) < 4.78 is 33.8. The van der Waals surface area contributed by atoms with E-state index in [1.807, 2.05) is 6.07 Å². The Kier molecular flexibility index (Phi) is 5.67. The van der Waals surface area contributed by atoms with Crippen molar-refractivity contribution in [3.8, 4) is 0 Å². The van der Waals surface area contributed by atoms with E-state index in [4.69, 9.17) is 4.74 Å². The van der Waals surface area contributed by atoms with Crippen LogP contribution in [-0.4, -0.2) is 54.2 Å². The SMILES string of the molecule is COCC1(CNS(=O)(=O)c2ccc3c(c2)N(C(C)=O)CC3)CCNCC1. The van der Waals surface area contributed by atoms with Gasteiger partial charge in [-0.05, 0) is 50.0 Å². The van der Waals surface area contributed by atoms with Crippen molar-refractivity contribution in [1.29, 1.82) is 0 Å². The van der Waals surface area contributed by atoms with Crippen LogP contribution in [0.25, 0.3) is 0 Å². The number of piperidine rings is 1. The van der Waals surface area contributed by atoms with Gasteiger partial charge in [-0.3, -0.25) is 4.79 Å². The van der Waals surface area contributed by atoms with E-state index in [-0.39, 0.29) is 16.2 Å². The van der Waals surface area contributed by atoms with Crippen molar-refractivity contribution in [2.75, 3.05) is 44.8 Å².